The minimum atomic E-state index is -0.124. The quantitative estimate of drug-likeness (QED) is 0.871. The Labute approximate surface area is 164 Å². The van der Waals surface area contributed by atoms with Crippen LogP contribution in [0.15, 0.2) is 59.7 Å². The number of nitrogens with one attached hydrogen (secondary N) is 1. The topological polar surface area (TPSA) is 71.0 Å². The third kappa shape index (κ3) is 4.06. The van der Waals surface area contributed by atoms with E-state index in [4.69, 9.17) is 4.74 Å². The van der Waals surface area contributed by atoms with Crippen LogP contribution in [0.25, 0.3) is 0 Å². The van der Waals surface area contributed by atoms with Crippen LogP contribution >= 0.6 is 0 Å². The summed E-state index contributed by atoms with van der Waals surface area (Å²) in [6.45, 7) is 1.14. The molecule has 6 heteroatoms. The van der Waals surface area contributed by atoms with Crippen molar-refractivity contribution in [1.29, 1.82) is 0 Å². The van der Waals surface area contributed by atoms with Gasteiger partial charge in [0.2, 0.25) is 11.8 Å². The van der Waals surface area contributed by atoms with Crippen molar-refractivity contribution >= 4 is 17.5 Å². The molecule has 6 nitrogen and oxygen atoms in total. The fraction of sp³-hybridized carbons (Fsp3) is 0.318. The monoisotopic (exact) mass is 377 g/mol. The van der Waals surface area contributed by atoms with Crippen LogP contribution in [-0.2, 0) is 9.59 Å². The molecular formula is C22H23N3O3. The van der Waals surface area contributed by atoms with Gasteiger partial charge in [-0.05, 0) is 11.6 Å². The first-order chi connectivity index (χ1) is 13.7. The van der Waals surface area contributed by atoms with Gasteiger partial charge in [0.15, 0.2) is 0 Å². The van der Waals surface area contributed by atoms with Crippen molar-refractivity contribution in [1.82, 2.24) is 10.3 Å². The molecule has 1 atom stereocenters. The first-order valence-corrected chi connectivity index (χ1v) is 9.65. The molecule has 144 valence electrons. The summed E-state index contributed by atoms with van der Waals surface area (Å²) in [6, 6.07) is 17.5. The molecule has 0 saturated carbocycles. The van der Waals surface area contributed by atoms with Gasteiger partial charge in [-0.2, -0.15) is 5.10 Å². The highest BCUT2D eigenvalue weighted by atomic mass is 16.5. The molecule has 2 aliphatic rings. The zero-order valence-corrected chi connectivity index (χ0v) is 15.6. The van der Waals surface area contributed by atoms with Gasteiger partial charge in [0.1, 0.15) is 5.75 Å². The Morgan fingerprint density at radius 2 is 1.86 bits per heavy atom. The number of ether oxygens (including phenoxy) is 1. The SMILES string of the molecule is O=C(CCC(=O)N1CCC(c2ccccc2)=N1)N[C@@H]1CCOc2ccccc21. The summed E-state index contributed by atoms with van der Waals surface area (Å²) in [6.07, 6.45) is 1.78. The Bertz CT molecular complexity index is 895. The molecule has 2 aromatic rings. The molecule has 2 aliphatic heterocycles. The Morgan fingerprint density at radius 1 is 1.07 bits per heavy atom. The predicted octanol–water partition coefficient (Wildman–Crippen LogP) is 3.04. The molecule has 0 saturated heterocycles. The lowest BCUT2D eigenvalue weighted by molar-refractivity contribution is -0.133. The molecule has 28 heavy (non-hydrogen) atoms. The minimum absolute atomic E-state index is 0.0676. The minimum Gasteiger partial charge on any atom is -0.493 e. The Kier molecular flexibility index (Phi) is 5.37. The molecule has 0 bridgehead atoms. The van der Waals surface area contributed by atoms with Crippen molar-refractivity contribution in [3.63, 3.8) is 0 Å². The summed E-state index contributed by atoms with van der Waals surface area (Å²) in [5.41, 5.74) is 2.94. The van der Waals surface area contributed by atoms with Gasteiger partial charge in [0, 0.05) is 31.2 Å². The first-order valence-electron chi connectivity index (χ1n) is 9.65. The Hall–Kier alpha value is -3.15. The Balaban J connectivity index is 1.30. The molecule has 0 fully saturated rings. The van der Waals surface area contributed by atoms with Crippen molar-refractivity contribution in [2.24, 2.45) is 5.10 Å². The van der Waals surface area contributed by atoms with Crippen LogP contribution in [0.1, 0.15) is 42.9 Å². The van der Waals surface area contributed by atoms with Crippen LogP contribution in [-0.4, -0.2) is 35.7 Å². The second-order valence-corrected chi connectivity index (χ2v) is 6.97. The molecule has 0 aromatic heterocycles. The lowest BCUT2D eigenvalue weighted by Crippen LogP contribution is -2.33. The number of para-hydroxylation sites is 1. The summed E-state index contributed by atoms with van der Waals surface area (Å²) < 4.78 is 5.62. The van der Waals surface area contributed by atoms with Crippen LogP contribution < -0.4 is 10.1 Å². The van der Waals surface area contributed by atoms with E-state index < -0.39 is 0 Å². The molecule has 0 spiro atoms. The van der Waals surface area contributed by atoms with E-state index in [1.54, 1.807) is 0 Å². The second-order valence-electron chi connectivity index (χ2n) is 6.97. The zero-order chi connectivity index (χ0) is 19.3. The molecule has 0 radical (unpaired) electrons. The van der Waals surface area contributed by atoms with Gasteiger partial charge in [-0.15, -0.1) is 0 Å². The number of fused-ring (bicyclic) bond motifs is 1. The van der Waals surface area contributed by atoms with Gasteiger partial charge in [-0.25, -0.2) is 5.01 Å². The lowest BCUT2D eigenvalue weighted by Gasteiger charge is -2.26. The molecule has 1 N–H and O–H groups in total. The largest absolute Gasteiger partial charge is 0.493 e. The maximum Gasteiger partial charge on any atom is 0.243 e. The number of carbonyl (C=O) groups excluding carboxylic acids is 2. The summed E-state index contributed by atoms with van der Waals surface area (Å²) in [5.74, 6) is 0.574. The van der Waals surface area contributed by atoms with Crippen molar-refractivity contribution in [3.05, 3.63) is 65.7 Å². The average molecular weight is 377 g/mol. The van der Waals surface area contributed by atoms with Crippen LogP contribution in [0.4, 0.5) is 0 Å². The number of nitrogens with zero attached hydrogens (tertiary/aromatic N) is 2. The molecule has 2 amide bonds. The van der Waals surface area contributed by atoms with Crippen molar-refractivity contribution in [2.75, 3.05) is 13.2 Å². The van der Waals surface area contributed by atoms with Gasteiger partial charge in [0.25, 0.3) is 0 Å². The van der Waals surface area contributed by atoms with E-state index in [1.807, 2.05) is 54.6 Å². The van der Waals surface area contributed by atoms with E-state index in [-0.39, 0.29) is 30.7 Å². The number of rotatable bonds is 5. The van der Waals surface area contributed by atoms with Gasteiger partial charge in [-0.3, -0.25) is 9.59 Å². The summed E-state index contributed by atoms with van der Waals surface area (Å²) >= 11 is 0. The summed E-state index contributed by atoms with van der Waals surface area (Å²) in [5, 5.41) is 8.95. The summed E-state index contributed by atoms with van der Waals surface area (Å²) in [4.78, 5) is 24.8. The first kappa shape index (κ1) is 18.2. The highest BCUT2D eigenvalue weighted by Crippen LogP contribution is 2.31. The lowest BCUT2D eigenvalue weighted by atomic mass is 10.0. The predicted molar refractivity (Wildman–Crippen MR) is 106 cm³/mol. The summed E-state index contributed by atoms with van der Waals surface area (Å²) in [7, 11) is 0. The van der Waals surface area contributed by atoms with Crippen LogP contribution in [0, 0.1) is 0 Å². The zero-order valence-electron chi connectivity index (χ0n) is 15.6. The fourth-order valence-corrected chi connectivity index (χ4v) is 3.58. The van der Waals surface area contributed by atoms with E-state index in [0.717, 1.165) is 35.4 Å². The van der Waals surface area contributed by atoms with Crippen molar-refractivity contribution in [2.45, 2.75) is 31.7 Å². The van der Waals surface area contributed by atoms with E-state index in [0.29, 0.717) is 13.2 Å². The van der Waals surface area contributed by atoms with Crippen molar-refractivity contribution in [3.8, 4) is 5.75 Å². The maximum atomic E-state index is 12.4. The smallest absolute Gasteiger partial charge is 0.243 e. The molecule has 0 aliphatic carbocycles. The molecule has 4 rings (SSSR count). The average Bonchev–Trinajstić information content (AvgIpc) is 3.23. The standard InChI is InChI=1S/C22H23N3O3/c26-21(23-19-13-15-28-20-9-5-4-8-17(19)20)10-11-22(27)25-14-12-18(24-25)16-6-2-1-3-7-16/h1-9,19H,10-15H2,(H,23,26)/t19-/m1/s1. The third-order valence-electron chi connectivity index (χ3n) is 5.06. The highest BCUT2D eigenvalue weighted by molar-refractivity contribution is 6.02. The van der Waals surface area contributed by atoms with Gasteiger partial charge >= 0.3 is 0 Å². The van der Waals surface area contributed by atoms with E-state index in [2.05, 4.69) is 10.4 Å². The highest BCUT2D eigenvalue weighted by Gasteiger charge is 2.24. The second kappa shape index (κ2) is 8.25. The van der Waals surface area contributed by atoms with Crippen LogP contribution in [0.5, 0.6) is 5.75 Å². The van der Waals surface area contributed by atoms with E-state index >= 15 is 0 Å². The number of benzene rings is 2. The van der Waals surface area contributed by atoms with Crippen molar-refractivity contribution < 1.29 is 14.3 Å². The third-order valence-corrected chi connectivity index (χ3v) is 5.06. The number of carbonyl (C=O) groups is 2. The van der Waals surface area contributed by atoms with E-state index in [1.165, 1.54) is 5.01 Å². The number of hydrogen-bond donors (Lipinski definition) is 1. The number of amides is 2. The van der Waals surface area contributed by atoms with Crippen LogP contribution in [0.2, 0.25) is 0 Å². The van der Waals surface area contributed by atoms with Crippen LogP contribution in [0.3, 0.4) is 0 Å². The van der Waals surface area contributed by atoms with E-state index in [9.17, 15) is 9.59 Å². The Morgan fingerprint density at radius 3 is 2.71 bits per heavy atom. The number of hydrogen-bond acceptors (Lipinski definition) is 4. The van der Waals surface area contributed by atoms with Gasteiger partial charge < -0.3 is 10.1 Å². The maximum absolute atomic E-state index is 12.4. The fourth-order valence-electron chi connectivity index (χ4n) is 3.58. The molecule has 0 unspecified atom stereocenters. The molecule has 2 aromatic carbocycles. The van der Waals surface area contributed by atoms with Gasteiger partial charge in [-0.1, -0.05) is 48.5 Å². The molecular weight excluding hydrogens is 354 g/mol. The van der Waals surface area contributed by atoms with Gasteiger partial charge in [0.05, 0.1) is 24.9 Å². The molecule has 2 heterocycles. The normalized spacial score (nSPS) is 18.1. The number of hydrazone groups is 1.